The molecule has 66 valence electrons. The second kappa shape index (κ2) is 3.87. The number of halogens is 1. The number of nitrogens with two attached hydrogens (primary N) is 1. The topological polar surface area (TPSA) is 79.8 Å². The van der Waals surface area contributed by atoms with Crippen molar-refractivity contribution in [3.8, 4) is 6.07 Å². The number of carbonyl (C=O) groups is 1. The Labute approximate surface area is 79.9 Å². The van der Waals surface area contributed by atoms with Crippen LogP contribution in [0.1, 0.15) is 11.3 Å². The molecule has 4 nitrogen and oxygen atoms in total. The monoisotopic (exact) mass is 195 g/mol. The molecule has 0 aromatic carbocycles. The molecule has 0 saturated heterocycles. The second-order valence-corrected chi connectivity index (χ2v) is 2.78. The third-order valence-corrected chi connectivity index (χ3v) is 1.75. The van der Waals surface area contributed by atoms with E-state index in [9.17, 15) is 4.79 Å². The van der Waals surface area contributed by atoms with Gasteiger partial charge in [0.25, 0.3) is 0 Å². The maximum absolute atomic E-state index is 10.6. The summed E-state index contributed by atoms with van der Waals surface area (Å²) in [6.07, 6.45) is 1.37. The lowest BCUT2D eigenvalue weighted by atomic mass is 10.1. The molecule has 1 heterocycles. The SMILES string of the molecule is N#Cc1c(Cl)ccnc1CC(N)=O. The molecule has 5 heteroatoms. The Morgan fingerprint density at radius 3 is 3.00 bits per heavy atom. The molecular weight excluding hydrogens is 190 g/mol. The highest BCUT2D eigenvalue weighted by Gasteiger charge is 2.09. The van der Waals surface area contributed by atoms with Gasteiger partial charge in [-0.25, -0.2) is 0 Å². The molecule has 0 aliphatic carbocycles. The quantitative estimate of drug-likeness (QED) is 0.752. The third kappa shape index (κ3) is 2.17. The number of hydrogen-bond acceptors (Lipinski definition) is 3. The third-order valence-electron chi connectivity index (χ3n) is 1.43. The number of primary amides is 1. The predicted octanol–water partition coefficient (Wildman–Crippen LogP) is 0.634. The molecule has 2 N–H and O–H groups in total. The minimum atomic E-state index is -0.536. The summed E-state index contributed by atoms with van der Waals surface area (Å²) in [5.74, 6) is -0.536. The zero-order valence-corrected chi connectivity index (χ0v) is 7.38. The van der Waals surface area contributed by atoms with Gasteiger partial charge in [-0.3, -0.25) is 9.78 Å². The van der Waals surface area contributed by atoms with Crippen LogP contribution in [0.25, 0.3) is 0 Å². The van der Waals surface area contributed by atoms with Crippen molar-refractivity contribution in [2.45, 2.75) is 6.42 Å². The van der Waals surface area contributed by atoms with Gasteiger partial charge in [-0.2, -0.15) is 5.26 Å². The van der Waals surface area contributed by atoms with Gasteiger partial charge in [-0.05, 0) is 6.07 Å². The van der Waals surface area contributed by atoms with Crippen LogP contribution in [-0.2, 0) is 11.2 Å². The molecule has 0 fully saturated rings. The van der Waals surface area contributed by atoms with E-state index in [0.717, 1.165) is 0 Å². The lowest BCUT2D eigenvalue weighted by Crippen LogP contribution is -2.15. The van der Waals surface area contributed by atoms with Crippen molar-refractivity contribution in [2.24, 2.45) is 5.73 Å². The summed E-state index contributed by atoms with van der Waals surface area (Å²) in [7, 11) is 0. The molecule has 0 atom stereocenters. The fourth-order valence-corrected chi connectivity index (χ4v) is 1.10. The smallest absolute Gasteiger partial charge is 0.223 e. The summed E-state index contributed by atoms with van der Waals surface area (Å²) in [6, 6.07) is 3.36. The van der Waals surface area contributed by atoms with E-state index in [1.807, 2.05) is 6.07 Å². The summed E-state index contributed by atoms with van der Waals surface area (Å²) in [5, 5.41) is 8.97. The predicted molar refractivity (Wildman–Crippen MR) is 46.9 cm³/mol. The zero-order chi connectivity index (χ0) is 9.84. The van der Waals surface area contributed by atoms with Crippen molar-refractivity contribution in [3.63, 3.8) is 0 Å². The van der Waals surface area contributed by atoms with Crippen LogP contribution in [0.5, 0.6) is 0 Å². The minimum absolute atomic E-state index is 0.0660. The fraction of sp³-hybridized carbons (Fsp3) is 0.125. The molecule has 0 aliphatic heterocycles. The van der Waals surface area contributed by atoms with Crippen molar-refractivity contribution < 1.29 is 4.79 Å². The van der Waals surface area contributed by atoms with Gasteiger partial charge in [0, 0.05) is 6.20 Å². The number of nitriles is 1. The van der Waals surface area contributed by atoms with E-state index in [4.69, 9.17) is 22.6 Å². The second-order valence-electron chi connectivity index (χ2n) is 2.37. The first kappa shape index (κ1) is 9.49. The summed E-state index contributed by atoms with van der Waals surface area (Å²) in [4.78, 5) is 14.4. The average Bonchev–Trinajstić information content (AvgIpc) is 2.03. The van der Waals surface area contributed by atoms with Crippen LogP contribution in [0, 0.1) is 11.3 Å². The lowest BCUT2D eigenvalue weighted by Gasteiger charge is -2.00. The number of nitrogens with zero attached hydrogens (tertiary/aromatic N) is 2. The Balaban J connectivity index is 3.14. The van der Waals surface area contributed by atoms with Crippen molar-refractivity contribution in [2.75, 3.05) is 0 Å². The first-order chi connectivity index (χ1) is 6.15. The zero-order valence-electron chi connectivity index (χ0n) is 6.62. The van der Waals surface area contributed by atoms with Crippen molar-refractivity contribution >= 4 is 17.5 Å². The molecule has 1 rings (SSSR count). The van der Waals surface area contributed by atoms with Crippen LogP contribution in [-0.4, -0.2) is 10.9 Å². The van der Waals surface area contributed by atoms with Gasteiger partial charge in [0.15, 0.2) is 0 Å². The maximum atomic E-state index is 10.6. The number of pyridine rings is 1. The highest BCUT2D eigenvalue weighted by molar-refractivity contribution is 6.31. The number of rotatable bonds is 2. The van der Waals surface area contributed by atoms with Gasteiger partial charge in [0.05, 0.1) is 22.7 Å². The van der Waals surface area contributed by atoms with Gasteiger partial charge < -0.3 is 5.73 Å². The average molecular weight is 196 g/mol. The Hall–Kier alpha value is -1.60. The standard InChI is InChI=1S/C8H6ClN3O/c9-6-1-2-12-7(3-8(11)13)5(6)4-10/h1-2H,3H2,(H2,11,13). The largest absolute Gasteiger partial charge is 0.369 e. The van der Waals surface area contributed by atoms with E-state index >= 15 is 0 Å². The molecule has 1 amide bonds. The lowest BCUT2D eigenvalue weighted by molar-refractivity contribution is -0.117. The van der Waals surface area contributed by atoms with Crippen LogP contribution in [0.2, 0.25) is 5.02 Å². The van der Waals surface area contributed by atoms with Crippen molar-refractivity contribution in [1.29, 1.82) is 5.26 Å². The molecular formula is C8H6ClN3O. The summed E-state index contributed by atoms with van der Waals surface area (Å²) < 4.78 is 0. The number of hydrogen-bond donors (Lipinski definition) is 1. The summed E-state index contributed by atoms with van der Waals surface area (Å²) in [6.45, 7) is 0. The highest BCUT2D eigenvalue weighted by Crippen LogP contribution is 2.16. The van der Waals surface area contributed by atoms with Gasteiger partial charge in [-0.1, -0.05) is 11.6 Å². The van der Waals surface area contributed by atoms with Gasteiger partial charge in [0.1, 0.15) is 6.07 Å². The number of aromatic nitrogens is 1. The molecule has 0 aliphatic rings. The normalized spacial score (nSPS) is 9.23. The van der Waals surface area contributed by atoms with Gasteiger partial charge >= 0.3 is 0 Å². The van der Waals surface area contributed by atoms with E-state index in [2.05, 4.69) is 4.98 Å². The van der Waals surface area contributed by atoms with E-state index in [-0.39, 0.29) is 17.0 Å². The molecule has 0 spiro atoms. The molecule has 0 unspecified atom stereocenters. The van der Waals surface area contributed by atoms with Gasteiger partial charge in [-0.15, -0.1) is 0 Å². The summed E-state index contributed by atoms with van der Waals surface area (Å²) >= 11 is 5.70. The molecule has 13 heavy (non-hydrogen) atoms. The fourth-order valence-electron chi connectivity index (χ4n) is 0.895. The molecule has 1 aromatic rings. The molecule has 0 saturated carbocycles. The molecule has 0 bridgehead atoms. The van der Waals surface area contributed by atoms with Crippen LogP contribution >= 0.6 is 11.6 Å². The van der Waals surface area contributed by atoms with Crippen LogP contribution in [0.4, 0.5) is 0 Å². The number of carbonyl (C=O) groups excluding carboxylic acids is 1. The van der Waals surface area contributed by atoms with Crippen LogP contribution < -0.4 is 5.73 Å². The van der Waals surface area contributed by atoms with Crippen molar-refractivity contribution in [1.82, 2.24) is 4.98 Å². The minimum Gasteiger partial charge on any atom is -0.369 e. The maximum Gasteiger partial charge on any atom is 0.223 e. The Morgan fingerprint density at radius 1 is 1.77 bits per heavy atom. The highest BCUT2D eigenvalue weighted by atomic mass is 35.5. The van der Waals surface area contributed by atoms with Crippen molar-refractivity contribution in [3.05, 3.63) is 28.5 Å². The van der Waals surface area contributed by atoms with Crippen LogP contribution in [0.15, 0.2) is 12.3 Å². The Morgan fingerprint density at radius 2 is 2.46 bits per heavy atom. The Kier molecular flexibility index (Phi) is 2.83. The van der Waals surface area contributed by atoms with Gasteiger partial charge in [0.2, 0.25) is 5.91 Å². The van der Waals surface area contributed by atoms with Crippen LogP contribution in [0.3, 0.4) is 0 Å². The number of amides is 1. The summed E-state index contributed by atoms with van der Waals surface area (Å²) in [5.41, 5.74) is 5.50. The van der Waals surface area contributed by atoms with E-state index < -0.39 is 5.91 Å². The molecule has 0 radical (unpaired) electrons. The van der Waals surface area contributed by atoms with E-state index in [1.54, 1.807) is 0 Å². The molecule has 1 aromatic heterocycles. The van der Waals surface area contributed by atoms with E-state index in [0.29, 0.717) is 5.69 Å². The van der Waals surface area contributed by atoms with E-state index in [1.165, 1.54) is 12.3 Å². The Bertz CT molecular complexity index is 383. The first-order valence-electron chi connectivity index (χ1n) is 3.47. The first-order valence-corrected chi connectivity index (χ1v) is 3.84.